The largest absolute Gasteiger partial charge is 0.373 e. The number of anilines is 3. The molecule has 0 aliphatic heterocycles. The van der Waals surface area contributed by atoms with Gasteiger partial charge in [0.15, 0.2) is 0 Å². The zero-order chi connectivity index (χ0) is 27.7. The van der Waals surface area contributed by atoms with E-state index in [0.29, 0.717) is 38.7 Å². The third kappa shape index (κ3) is 5.48. The van der Waals surface area contributed by atoms with Crippen molar-refractivity contribution in [2.45, 2.75) is 32.9 Å². The Kier molecular flexibility index (Phi) is 7.33. The van der Waals surface area contributed by atoms with E-state index in [9.17, 15) is 9.65 Å². The summed E-state index contributed by atoms with van der Waals surface area (Å²) in [4.78, 5) is 8.87. The Morgan fingerprint density at radius 3 is 2.46 bits per heavy atom. The molecule has 0 amide bonds. The van der Waals surface area contributed by atoms with Crippen molar-refractivity contribution in [3.05, 3.63) is 99.4 Å². The number of rotatable bonds is 7. The molecule has 3 heterocycles. The summed E-state index contributed by atoms with van der Waals surface area (Å²) in [5.41, 5.74) is 4.90. The van der Waals surface area contributed by atoms with Crippen LogP contribution in [0, 0.1) is 24.1 Å². The van der Waals surface area contributed by atoms with Crippen molar-refractivity contribution in [3.8, 4) is 6.07 Å². The number of nitrogens with zero attached hydrogens (tertiary/aromatic N) is 6. The van der Waals surface area contributed by atoms with E-state index in [-0.39, 0.29) is 16.6 Å². The summed E-state index contributed by atoms with van der Waals surface area (Å²) in [6.07, 6.45) is 5.13. The molecule has 0 saturated carbocycles. The maximum atomic E-state index is 13.7. The molecule has 0 bridgehead atoms. The predicted molar refractivity (Wildman–Crippen MR) is 151 cm³/mol. The molecule has 11 heteroatoms. The van der Waals surface area contributed by atoms with Crippen molar-refractivity contribution < 1.29 is 4.39 Å². The molecule has 1 atom stereocenters. The van der Waals surface area contributed by atoms with E-state index in [1.54, 1.807) is 16.9 Å². The van der Waals surface area contributed by atoms with Crippen molar-refractivity contribution in [1.29, 1.82) is 5.26 Å². The molecule has 0 saturated heterocycles. The van der Waals surface area contributed by atoms with Crippen molar-refractivity contribution in [3.63, 3.8) is 0 Å². The van der Waals surface area contributed by atoms with Crippen LogP contribution in [0.1, 0.15) is 48.4 Å². The van der Waals surface area contributed by atoms with Gasteiger partial charge in [0.2, 0.25) is 0 Å². The molecule has 5 rings (SSSR count). The van der Waals surface area contributed by atoms with Crippen molar-refractivity contribution >= 4 is 51.2 Å². The van der Waals surface area contributed by atoms with Crippen molar-refractivity contribution in [2.75, 3.05) is 10.6 Å². The van der Waals surface area contributed by atoms with Gasteiger partial charge in [0, 0.05) is 40.9 Å². The number of benzene rings is 2. The number of nitrogens with one attached hydrogen (secondary N) is 2. The van der Waals surface area contributed by atoms with E-state index in [2.05, 4.69) is 37.0 Å². The molecular weight excluding hydrogens is 538 g/mol. The Morgan fingerprint density at radius 1 is 1.00 bits per heavy atom. The molecule has 8 nitrogen and oxygen atoms in total. The van der Waals surface area contributed by atoms with Crippen LogP contribution in [0.2, 0.25) is 10.0 Å². The molecule has 3 aromatic heterocycles. The smallest absolute Gasteiger partial charge is 0.141 e. The van der Waals surface area contributed by atoms with E-state index >= 15 is 0 Å². The Hall–Kier alpha value is -4.26. The molecule has 39 heavy (non-hydrogen) atoms. The van der Waals surface area contributed by atoms with Gasteiger partial charge >= 0.3 is 0 Å². The zero-order valence-electron chi connectivity index (χ0n) is 21.2. The minimum absolute atomic E-state index is 0.0405. The number of hydrogen-bond donors (Lipinski definition) is 2. The van der Waals surface area contributed by atoms with Crippen molar-refractivity contribution in [1.82, 2.24) is 25.0 Å². The molecule has 2 aromatic carbocycles. The summed E-state index contributed by atoms with van der Waals surface area (Å²) >= 11 is 12.7. The fraction of sp³-hybridized carbons (Fsp3) is 0.179. The molecule has 196 valence electrons. The van der Waals surface area contributed by atoms with Gasteiger partial charge < -0.3 is 10.6 Å². The van der Waals surface area contributed by atoms with Crippen LogP contribution < -0.4 is 10.6 Å². The average molecular weight is 561 g/mol. The van der Waals surface area contributed by atoms with Crippen molar-refractivity contribution in [2.24, 2.45) is 0 Å². The first-order valence-electron chi connectivity index (χ1n) is 12.1. The highest BCUT2D eigenvalue weighted by atomic mass is 35.5. The third-order valence-electron chi connectivity index (χ3n) is 6.17. The maximum absolute atomic E-state index is 13.7. The van der Waals surface area contributed by atoms with E-state index in [0.717, 1.165) is 11.3 Å². The summed E-state index contributed by atoms with van der Waals surface area (Å²) in [6.45, 7) is 5.98. The summed E-state index contributed by atoms with van der Waals surface area (Å²) in [5, 5.41) is 26.1. The van der Waals surface area contributed by atoms with Crippen LogP contribution in [0.4, 0.5) is 21.5 Å². The first-order valence-corrected chi connectivity index (χ1v) is 12.8. The molecule has 2 N–H and O–H groups in total. The number of aromatic nitrogens is 5. The number of nitriles is 1. The molecular formula is C28H23Cl2FN8. The Morgan fingerprint density at radius 2 is 1.79 bits per heavy atom. The number of pyridine rings is 2. The fourth-order valence-electron chi connectivity index (χ4n) is 4.10. The molecule has 5 aromatic rings. The van der Waals surface area contributed by atoms with Crippen LogP contribution in [-0.2, 0) is 0 Å². The zero-order valence-corrected chi connectivity index (χ0v) is 22.8. The second-order valence-corrected chi connectivity index (χ2v) is 10.1. The molecule has 0 radical (unpaired) electrons. The Balaban J connectivity index is 1.61. The molecule has 0 aliphatic rings. The lowest BCUT2D eigenvalue weighted by Crippen LogP contribution is -2.14. The average Bonchev–Trinajstić information content (AvgIpc) is 3.41. The van der Waals surface area contributed by atoms with E-state index in [4.69, 9.17) is 23.2 Å². The Bertz CT molecular complexity index is 1710. The monoisotopic (exact) mass is 560 g/mol. The lowest BCUT2D eigenvalue weighted by atomic mass is 10.0. The summed E-state index contributed by atoms with van der Waals surface area (Å²) in [7, 11) is 0. The van der Waals surface area contributed by atoms with Crippen LogP contribution in [0.25, 0.3) is 10.9 Å². The fourth-order valence-corrected chi connectivity index (χ4v) is 4.55. The first-order chi connectivity index (χ1) is 18.7. The van der Waals surface area contributed by atoms with Crippen LogP contribution in [-0.4, -0.2) is 25.0 Å². The molecule has 0 spiro atoms. The van der Waals surface area contributed by atoms with Gasteiger partial charge in [0.1, 0.15) is 17.6 Å². The van der Waals surface area contributed by atoms with Gasteiger partial charge in [-0.2, -0.15) is 5.26 Å². The normalized spacial score (nSPS) is 11.9. The second kappa shape index (κ2) is 10.8. The van der Waals surface area contributed by atoms with Crippen LogP contribution in [0.15, 0.2) is 61.1 Å². The summed E-state index contributed by atoms with van der Waals surface area (Å²) in [5.74, 6) is -0.539. The van der Waals surface area contributed by atoms with Gasteiger partial charge in [-0.05, 0) is 62.7 Å². The van der Waals surface area contributed by atoms with Crippen LogP contribution in [0.3, 0.4) is 0 Å². The third-order valence-corrected chi connectivity index (χ3v) is 6.74. The lowest BCUT2D eigenvalue weighted by molar-refractivity contribution is 0.514. The first kappa shape index (κ1) is 26.4. The summed E-state index contributed by atoms with van der Waals surface area (Å²) < 4.78 is 15.5. The molecule has 1 unspecified atom stereocenters. The van der Waals surface area contributed by atoms with E-state index in [1.807, 2.05) is 45.2 Å². The highest BCUT2D eigenvalue weighted by molar-refractivity contribution is 6.36. The minimum atomic E-state index is -0.539. The molecule has 0 aliphatic carbocycles. The summed E-state index contributed by atoms with van der Waals surface area (Å²) in [6, 6.07) is 13.7. The second-order valence-electron chi connectivity index (χ2n) is 9.29. The van der Waals surface area contributed by atoms with Gasteiger partial charge in [-0.1, -0.05) is 34.5 Å². The standard InChI is InChI=1S/C28H23Cl2FN8/c1-15(2)39-14-25(37-38-39)27(17-5-4-16(3)33-12-17)36-20-8-21-26(35-19-6-7-24(31)22(29)9-19)18(11-32)13-34-28(21)23(30)10-20/h4-10,12-15,27,36H,1-3H3,(H,34,35). The Labute approximate surface area is 234 Å². The molecule has 0 fully saturated rings. The highest BCUT2D eigenvalue weighted by Crippen LogP contribution is 2.37. The number of fused-ring (bicyclic) bond motifs is 1. The van der Waals surface area contributed by atoms with Gasteiger partial charge in [0.05, 0.1) is 39.1 Å². The van der Waals surface area contributed by atoms with Crippen LogP contribution in [0.5, 0.6) is 0 Å². The number of halogens is 3. The minimum Gasteiger partial charge on any atom is -0.373 e. The quantitative estimate of drug-likeness (QED) is 0.214. The maximum Gasteiger partial charge on any atom is 0.141 e. The van der Waals surface area contributed by atoms with Gasteiger partial charge in [-0.15, -0.1) is 5.10 Å². The number of aryl methyl sites for hydroxylation is 1. The van der Waals surface area contributed by atoms with Gasteiger partial charge in [-0.25, -0.2) is 9.07 Å². The SMILES string of the molecule is Cc1ccc(C(Nc2cc(Cl)c3ncc(C#N)c(Nc4ccc(F)c(Cl)c4)c3c2)c2cn(C(C)C)nn2)cn1. The van der Waals surface area contributed by atoms with Gasteiger partial charge in [-0.3, -0.25) is 9.97 Å². The lowest BCUT2D eigenvalue weighted by Gasteiger charge is -2.20. The predicted octanol–water partition coefficient (Wildman–Crippen LogP) is 7.37. The highest BCUT2D eigenvalue weighted by Gasteiger charge is 2.21. The van der Waals surface area contributed by atoms with E-state index in [1.165, 1.54) is 24.4 Å². The van der Waals surface area contributed by atoms with Gasteiger partial charge in [0.25, 0.3) is 0 Å². The number of hydrogen-bond acceptors (Lipinski definition) is 7. The topological polar surface area (TPSA) is 104 Å². The van der Waals surface area contributed by atoms with E-state index < -0.39 is 11.9 Å². The van der Waals surface area contributed by atoms with Crippen LogP contribution >= 0.6 is 23.2 Å².